The van der Waals surface area contributed by atoms with E-state index in [1.807, 2.05) is 31.5 Å². The van der Waals surface area contributed by atoms with Crippen LogP contribution >= 0.6 is 0 Å². The summed E-state index contributed by atoms with van der Waals surface area (Å²) in [7, 11) is 0. The van der Waals surface area contributed by atoms with Gasteiger partial charge in [0.15, 0.2) is 0 Å². The van der Waals surface area contributed by atoms with Gasteiger partial charge in [-0.2, -0.15) is 5.10 Å². The van der Waals surface area contributed by atoms with Crippen LogP contribution in [0.1, 0.15) is 50.0 Å². The molecule has 1 fully saturated rings. The number of nitrogens with zero attached hydrogens (tertiary/aromatic N) is 4. The molecule has 0 unspecified atom stereocenters. The first-order chi connectivity index (χ1) is 19.3. The smallest absolute Gasteiger partial charge is 0.259 e. The van der Waals surface area contributed by atoms with E-state index >= 15 is 0 Å². The third-order valence-electron chi connectivity index (χ3n) is 7.73. The lowest BCUT2D eigenvalue weighted by Crippen LogP contribution is -2.34. The molecule has 1 N–H and O–H groups in total. The molecule has 3 heterocycles. The number of para-hydroxylation sites is 1. The van der Waals surface area contributed by atoms with E-state index in [0.717, 1.165) is 48.1 Å². The lowest BCUT2D eigenvalue weighted by atomic mass is 10.0. The summed E-state index contributed by atoms with van der Waals surface area (Å²) in [4.78, 5) is 16.0. The Hall–Kier alpha value is -4.39. The van der Waals surface area contributed by atoms with Crippen molar-refractivity contribution < 1.29 is 9.18 Å². The molecule has 7 heteroatoms. The van der Waals surface area contributed by atoms with Gasteiger partial charge in [0.05, 0.1) is 28.5 Å². The molecule has 1 saturated heterocycles. The van der Waals surface area contributed by atoms with Gasteiger partial charge in [0.1, 0.15) is 5.82 Å². The molecule has 0 bridgehead atoms. The molecule has 1 aliphatic rings. The van der Waals surface area contributed by atoms with Gasteiger partial charge >= 0.3 is 0 Å². The molecule has 1 aliphatic heterocycles. The van der Waals surface area contributed by atoms with Gasteiger partial charge in [-0.25, -0.2) is 4.39 Å². The topological polar surface area (TPSA) is 55.1 Å². The highest BCUT2D eigenvalue weighted by atomic mass is 19.1. The maximum Gasteiger partial charge on any atom is 0.259 e. The third-order valence-corrected chi connectivity index (χ3v) is 7.73. The van der Waals surface area contributed by atoms with Crippen LogP contribution in [0.5, 0.6) is 0 Å². The first kappa shape index (κ1) is 25.9. The van der Waals surface area contributed by atoms with Crippen molar-refractivity contribution in [1.29, 1.82) is 0 Å². The monoisotopic (exact) mass is 535 g/mol. The lowest BCUT2D eigenvalue weighted by molar-refractivity contribution is 0.102. The molecule has 3 aromatic carbocycles. The normalized spacial score (nSPS) is 14.6. The van der Waals surface area contributed by atoms with Crippen LogP contribution in [0.3, 0.4) is 0 Å². The number of rotatable bonds is 5. The Morgan fingerprint density at radius 1 is 0.950 bits per heavy atom. The number of carbonyl (C=O) groups is 1. The number of hydrogen-bond acceptors (Lipinski definition) is 3. The molecule has 1 amide bonds. The Kier molecular flexibility index (Phi) is 6.66. The zero-order valence-corrected chi connectivity index (χ0v) is 23.1. The van der Waals surface area contributed by atoms with Crippen LogP contribution in [-0.2, 0) is 5.54 Å². The Balaban J connectivity index is 1.25. The molecule has 0 spiro atoms. The van der Waals surface area contributed by atoms with Crippen LogP contribution in [0.25, 0.3) is 22.2 Å². The molecule has 6 nitrogen and oxygen atoms in total. The zero-order chi connectivity index (χ0) is 27.9. The first-order valence-electron chi connectivity index (χ1n) is 13.8. The number of piperidine rings is 1. The summed E-state index contributed by atoms with van der Waals surface area (Å²) in [5.41, 5.74) is 4.61. The Labute approximate surface area is 234 Å². The van der Waals surface area contributed by atoms with Gasteiger partial charge in [-0.1, -0.05) is 24.3 Å². The summed E-state index contributed by atoms with van der Waals surface area (Å²) in [5.74, 6) is -0.568. The van der Waals surface area contributed by atoms with Gasteiger partial charge in [0.2, 0.25) is 0 Å². The Bertz CT molecular complexity index is 1640. The number of fused-ring (bicyclic) bond motifs is 1. The molecule has 5 aromatic rings. The van der Waals surface area contributed by atoms with E-state index in [2.05, 4.69) is 74.6 Å². The fourth-order valence-electron chi connectivity index (χ4n) is 5.69. The molecule has 0 atom stereocenters. The van der Waals surface area contributed by atoms with E-state index in [9.17, 15) is 9.18 Å². The van der Waals surface area contributed by atoms with E-state index < -0.39 is 0 Å². The fourth-order valence-corrected chi connectivity index (χ4v) is 5.69. The van der Waals surface area contributed by atoms with Crippen LogP contribution in [-0.4, -0.2) is 33.3 Å². The van der Waals surface area contributed by atoms with E-state index in [1.165, 1.54) is 17.8 Å². The number of halogens is 1. The summed E-state index contributed by atoms with van der Waals surface area (Å²) >= 11 is 0. The van der Waals surface area contributed by atoms with Gasteiger partial charge in [-0.15, -0.1) is 0 Å². The van der Waals surface area contributed by atoms with Crippen molar-refractivity contribution in [1.82, 2.24) is 14.3 Å². The van der Waals surface area contributed by atoms with Crippen molar-refractivity contribution in [3.63, 3.8) is 0 Å². The van der Waals surface area contributed by atoms with Crippen LogP contribution < -0.4 is 10.2 Å². The summed E-state index contributed by atoms with van der Waals surface area (Å²) in [6.07, 6.45) is 5.88. The second-order valence-corrected chi connectivity index (χ2v) is 11.5. The van der Waals surface area contributed by atoms with Crippen molar-refractivity contribution in [3.8, 4) is 11.3 Å². The van der Waals surface area contributed by atoms with E-state index in [1.54, 1.807) is 18.3 Å². The first-order valence-corrected chi connectivity index (χ1v) is 13.8. The number of carbonyl (C=O) groups excluding carboxylic acids is 1. The molecule has 2 aromatic heterocycles. The summed E-state index contributed by atoms with van der Waals surface area (Å²) in [5, 5.41) is 8.79. The highest BCUT2D eigenvalue weighted by molar-refractivity contribution is 6.08. The Morgan fingerprint density at radius 2 is 1.68 bits per heavy atom. The van der Waals surface area contributed by atoms with Crippen LogP contribution in [0.15, 0.2) is 91.3 Å². The van der Waals surface area contributed by atoms with Crippen LogP contribution in [0, 0.1) is 5.82 Å². The maximum atomic E-state index is 13.7. The average Bonchev–Trinajstić information content (AvgIpc) is 3.59. The van der Waals surface area contributed by atoms with E-state index in [4.69, 9.17) is 0 Å². The number of benzene rings is 3. The average molecular weight is 536 g/mol. The molecule has 6 rings (SSSR count). The molecular weight excluding hydrogens is 501 g/mol. The minimum absolute atomic E-state index is 0.247. The van der Waals surface area contributed by atoms with Crippen molar-refractivity contribution in [2.24, 2.45) is 0 Å². The van der Waals surface area contributed by atoms with E-state index in [0.29, 0.717) is 17.3 Å². The van der Waals surface area contributed by atoms with Gasteiger partial charge in [0.25, 0.3) is 5.91 Å². The standard InChI is InChI=1S/C33H34FN5O/c1-33(2,3)39-31(24-9-12-25(34)13-10-24)29(22-35-39)32(40)36-26-14-11-23-15-20-38(30(23)21-26)28-16-18-37(19-17-28)27-7-5-4-6-8-27/h4-15,20-22,28H,16-19H2,1-3H3,(H,36,40). The third kappa shape index (κ3) is 4.99. The largest absolute Gasteiger partial charge is 0.371 e. The van der Waals surface area contributed by atoms with Crippen molar-refractivity contribution in [3.05, 3.63) is 103 Å². The van der Waals surface area contributed by atoms with Crippen molar-refractivity contribution in [2.75, 3.05) is 23.3 Å². The van der Waals surface area contributed by atoms with Crippen LogP contribution in [0.2, 0.25) is 0 Å². The highest BCUT2D eigenvalue weighted by Crippen LogP contribution is 2.33. The van der Waals surface area contributed by atoms with E-state index in [-0.39, 0.29) is 17.3 Å². The van der Waals surface area contributed by atoms with Gasteiger partial charge < -0.3 is 14.8 Å². The molecule has 0 radical (unpaired) electrons. The summed E-state index contributed by atoms with van der Waals surface area (Å²) in [6.45, 7) is 8.10. The minimum atomic E-state index is -0.363. The Morgan fingerprint density at radius 3 is 2.38 bits per heavy atom. The molecule has 0 aliphatic carbocycles. The van der Waals surface area contributed by atoms with Gasteiger partial charge in [0, 0.05) is 42.3 Å². The quantitative estimate of drug-likeness (QED) is 0.254. The summed E-state index contributed by atoms with van der Waals surface area (Å²) in [6, 6.07) is 25.4. The molecule has 204 valence electrons. The number of amides is 1. The summed E-state index contributed by atoms with van der Waals surface area (Å²) < 4.78 is 17.8. The second kappa shape index (κ2) is 10.3. The van der Waals surface area contributed by atoms with Crippen molar-refractivity contribution >= 4 is 28.2 Å². The highest BCUT2D eigenvalue weighted by Gasteiger charge is 2.26. The fraction of sp³-hybridized carbons (Fsp3) is 0.273. The number of anilines is 2. The number of aromatic nitrogens is 3. The maximum absolute atomic E-state index is 13.7. The zero-order valence-electron chi connectivity index (χ0n) is 23.1. The predicted octanol–water partition coefficient (Wildman–Crippen LogP) is 7.49. The molecular formula is C33H34FN5O. The molecule has 0 saturated carbocycles. The van der Waals surface area contributed by atoms with Crippen LogP contribution in [0.4, 0.5) is 15.8 Å². The molecule has 40 heavy (non-hydrogen) atoms. The van der Waals surface area contributed by atoms with Crippen molar-refractivity contribution in [2.45, 2.75) is 45.2 Å². The SMILES string of the molecule is CC(C)(C)n1ncc(C(=O)Nc2ccc3ccn(C4CCN(c5ccccc5)CC4)c3c2)c1-c1ccc(F)cc1. The number of hydrogen-bond donors (Lipinski definition) is 1. The predicted molar refractivity (Wildman–Crippen MR) is 159 cm³/mol. The van der Waals surface area contributed by atoms with Gasteiger partial charge in [-0.3, -0.25) is 9.48 Å². The van der Waals surface area contributed by atoms with Gasteiger partial charge in [-0.05, 0) is 93.6 Å². The number of nitrogens with one attached hydrogen (secondary N) is 1. The lowest BCUT2D eigenvalue weighted by Gasteiger charge is -2.34. The second-order valence-electron chi connectivity index (χ2n) is 11.5. The minimum Gasteiger partial charge on any atom is -0.371 e.